The lowest BCUT2D eigenvalue weighted by molar-refractivity contribution is -0.0517. The largest absolute Gasteiger partial charge is 0.433 e. The van der Waals surface area contributed by atoms with E-state index in [9.17, 15) is 17.2 Å². The molecule has 0 spiro atoms. The summed E-state index contributed by atoms with van der Waals surface area (Å²) in [6.45, 7) is -1.47. The second kappa shape index (κ2) is 6.84. The van der Waals surface area contributed by atoms with Crippen LogP contribution in [-0.4, -0.2) is 15.0 Å². The zero-order valence-electron chi connectivity index (χ0n) is 12.6. The summed E-state index contributed by atoms with van der Waals surface area (Å²) in [6.07, 6.45) is 0. The molecule has 128 valence electrons. The summed E-state index contributed by atoms with van der Waals surface area (Å²) in [5.74, 6) is -0.377. The van der Waals surface area contributed by atoms with Gasteiger partial charge in [-0.2, -0.15) is 8.78 Å². The molecular formula is C16H16F2N2O3S. The number of halogens is 2. The molecule has 0 atom stereocenters. The number of hydrogen-bond donors (Lipinski definition) is 2. The average Bonchev–Trinajstić information content (AvgIpc) is 3.00. The van der Waals surface area contributed by atoms with E-state index in [1.807, 2.05) is 18.2 Å². The maximum absolute atomic E-state index is 12.4. The summed E-state index contributed by atoms with van der Waals surface area (Å²) in [6, 6.07) is 11.0. The molecule has 0 amide bonds. The highest BCUT2D eigenvalue weighted by molar-refractivity contribution is 7.89. The number of para-hydroxylation sites is 1. The Labute approximate surface area is 138 Å². The first-order valence-corrected chi connectivity index (χ1v) is 8.79. The number of sulfonamides is 1. The summed E-state index contributed by atoms with van der Waals surface area (Å²) in [5, 5.41) is 3.21. The van der Waals surface area contributed by atoms with E-state index in [4.69, 9.17) is 0 Å². The van der Waals surface area contributed by atoms with E-state index in [1.165, 1.54) is 29.8 Å². The van der Waals surface area contributed by atoms with E-state index in [2.05, 4.69) is 14.8 Å². The molecule has 0 aliphatic carbocycles. The van der Waals surface area contributed by atoms with Crippen LogP contribution in [0.5, 0.6) is 5.75 Å². The third-order valence-electron chi connectivity index (χ3n) is 3.72. The Morgan fingerprint density at radius 3 is 2.67 bits per heavy atom. The third kappa shape index (κ3) is 3.72. The van der Waals surface area contributed by atoms with Crippen LogP contribution in [-0.2, 0) is 29.7 Å². The first-order valence-electron chi connectivity index (χ1n) is 7.30. The molecule has 1 aliphatic heterocycles. The summed E-state index contributed by atoms with van der Waals surface area (Å²) in [4.78, 5) is -0.312. The molecule has 0 radical (unpaired) electrons. The molecule has 5 nitrogen and oxygen atoms in total. The smallest absolute Gasteiger partial charge is 0.387 e. The van der Waals surface area contributed by atoms with Gasteiger partial charge in [-0.15, -0.1) is 0 Å². The summed E-state index contributed by atoms with van der Waals surface area (Å²) in [7, 11) is -3.97. The Bertz CT molecular complexity index is 841. The Morgan fingerprint density at radius 2 is 1.88 bits per heavy atom. The van der Waals surface area contributed by atoms with Crippen LogP contribution in [0.3, 0.4) is 0 Å². The molecule has 0 fully saturated rings. The first-order chi connectivity index (χ1) is 11.5. The predicted octanol–water partition coefficient (Wildman–Crippen LogP) is 2.37. The third-order valence-corrected chi connectivity index (χ3v) is 5.16. The van der Waals surface area contributed by atoms with Gasteiger partial charge >= 0.3 is 6.61 Å². The fourth-order valence-electron chi connectivity index (χ4n) is 2.58. The van der Waals surface area contributed by atoms with Crippen LogP contribution in [0.2, 0.25) is 0 Å². The zero-order chi connectivity index (χ0) is 17.2. The normalized spacial score (nSPS) is 14.0. The van der Waals surface area contributed by atoms with E-state index in [1.54, 1.807) is 0 Å². The molecule has 0 aromatic heterocycles. The van der Waals surface area contributed by atoms with E-state index in [-0.39, 0.29) is 17.2 Å². The number of alkyl halides is 2. The molecule has 24 heavy (non-hydrogen) atoms. The molecule has 2 N–H and O–H groups in total. The molecule has 3 rings (SSSR count). The van der Waals surface area contributed by atoms with Crippen LogP contribution in [0.15, 0.2) is 47.4 Å². The van der Waals surface area contributed by atoms with Gasteiger partial charge in [0.1, 0.15) is 10.6 Å². The Hall–Kier alpha value is -2.03. The van der Waals surface area contributed by atoms with Crippen LogP contribution >= 0.6 is 0 Å². The topological polar surface area (TPSA) is 67.4 Å². The highest BCUT2D eigenvalue weighted by Gasteiger charge is 2.21. The molecule has 0 saturated carbocycles. The highest BCUT2D eigenvalue weighted by Crippen LogP contribution is 2.25. The monoisotopic (exact) mass is 354 g/mol. The van der Waals surface area contributed by atoms with Gasteiger partial charge in [0.2, 0.25) is 10.0 Å². The van der Waals surface area contributed by atoms with Crippen molar-refractivity contribution in [2.45, 2.75) is 31.1 Å². The summed E-state index contributed by atoms with van der Waals surface area (Å²) in [5.41, 5.74) is 3.12. The Balaban J connectivity index is 1.77. The number of nitrogens with one attached hydrogen (secondary N) is 2. The first kappa shape index (κ1) is 16.8. The minimum Gasteiger partial charge on any atom is -0.433 e. The van der Waals surface area contributed by atoms with Crippen molar-refractivity contribution in [2.75, 3.05) is 0 Å². The molecule has 1 aliphatic rings. The lowest BCUT2D eigenvalue weighted by atomic mass is 10.1. The Kier molecular flexibility index (Phi) is 4.79. The van der Waals surface area contributed by atoms with Crippen LogP contribution in [0, 0.1) is 0 Å². The fraction of sp³-hybridized carbons (Fsp3) is 0.250. The minimum absolute atomic E-state index is 0.0681. The molecule has 0 saturated heterocycles. The predicted molar refractivity (Wildman–Crippen MR) is 84.1 cm³/mol. The van der Waals surface area contributed by atoms with E-state index in [0.717, 1.165) is 24.2 Å². The minimum atomic E-state index is -3.97. The van der Waals surface area contributed by atoms with E-state index < -0.39 is 16.6 Å². The van der Waals surface area contributed by atoms with Gasteiger partial charge in [-0.05, 0) is 28.8 Å². The number of rotatable bonds is 6. The van der Waals surface area contributed by atoms with Gasteiger partial charge in [-0.3, -0.25) is 0 Å². The lowest BCUT2D eigenvalue weighted by Crippen LogP contribution is -2.24. The molecule has 2 aromatic carbocycles. The summed E-state index contributed by atoms with van der Waals surface area (Å²) < 4.78 is 56.3. The van der Waals surface area contributed by atoms with Gasteiger partial charge in [0.05, 0.1) is 0 Å². The number of benzene rings is 2. The second-order valence-electron chi connectivity index (χ2n) is 5.36. The van der Waals surface area contributed by atoms with Crippen molar-refractivity contribution in [1.29, 1.82) is 0 Å². The van der Waals surface area contributed by atoms with Crippen molar-refractivity contribution in [3.63, 3.8) is 0 Å². The fourth-order valence-corrected chi connectivity index (χ4v) is 3.73. The van der Waals surface area contributed by atoms with Crippen molar-refractivity contribution in [1.82, 2.24) is 10.0 Å². The molecule has 2 aromatic rings. The average molecular weight is 354 g/mol. The quantitative estimate of drug-likeness (QED) is 0.836. The van der Waals surface area contributed by atoms with Gasteiger partial charge in [-0.25, -0.2) is 13.1 Å². The maximum atomic E-state index is 12.4. The summed E-state index contributed by atoms with van der Waals surface area (Å²) >= 11 is 0. The van der Waals surface area contributed by atoms with Crippen molar-refractivity contribution in [3.05, 3.63) is 59.2 Å². The van der Waals surface area contributed by atoms with E-state index in [0.29, 0.717) is 0 Å². The maximum Gasteiger partial charge on any atom is 0.387 e. The van der Waals surface area contributed by atoms with Crippen LogP contribution < -0.4 is 14.8 Å². The van der Waals surface area contributed by atoms with Gasteiger partial charge in [0.15, 0.2) is 0 Å². The van der Waals surface area contributed by atoms with Gasteiger partial charge in [0.25, 0.3) is 0 Å². The van der Waals surface area contributed by atoms with Crippen molar-refractivity contribution in [2.24, 2.45) is 0 Å². The van der Waals surface area contributed by atoms with E-state index >= 15 is 0 Å². The molecule has 8 heteroatoms. The standard InChI is InChI=1S/C16H16F2N2O3S/c17-16(18)23-14-3-1-2-4-15(14)24(21,22)20-8-11-5-6-12-9-19-10-13(12)7-11/h1-7,16,19-20H,8-10H2. The van der Waals surface area contributed by atoms with Crippen molar-refractivity contribution >= 4 is 10.0 Å². The lowest BCUT2D eigenvalue weighted by Gasteiger charge is -2.12. The highest BCUT2D eigenvalue weighted by atomic mass is 32.2. The SMILES string of the molecule is O=S(=O)(NCc1ccc2c(c1)CNC2)c1ccccc1OC(F)F. The number of hydrogen-bond acceptors (Lipinski definition) is 4. The Morgan fingerprint density at radius 1 is 1.12 bits per heavy atom. The number of ether oxygens (including phenoxy) is 1. The molecule has 1 heterocycles. The zero-order valence-corrected chi connectivity index (χ0v) is 13.4. The van der Waals surface area contributed by atoms with Crippen molar-refractivity contribution < 1.29 is 21.9 Å². The van der Waals surface area contributed by atoms with Crippen molar-refractivity contribution in [3.8, 4) is 5.75 Å². The van der Waals surface area contributed by atoms with Crippen LogP contribution in [0.25, 0.3) is 0 Å². The van der Waals surface area contributed by atoms with Crippen LogP contribution in [0.4, 0.5) is 8.78 Å². The van der Waals surface area contributed by atoms with Gasteiger partial charge in [-0.1, -0.05) is 30.3 Å². The van der Waals surface area contributed by atoms with Crippen LogP contribution in [0.1, 0.15) is 16.7 Å². The number of fused-ring (bicyclic) bond motifs is 1. The van der Waals surface area contributed by atoms with Gasteiger partial charge < -0.3 is 10.1 Å². The molecular weight excluding hydrogens is 338 g/mol. The van der Waals surface area contributed by atoms with Gasteiger partial charge in [0, 0.05) is 19.6 Å². The second-order valence-corrected chi connectivity index (χ2v) is 7.09. The molecule has 0 unspecified atom stereocenters. The molecule has 0 bridgehead atoms.